The van der Waals surface area contributed by atoms with Crippen molar-refractivity contribution in [2.75, 3.05) is 0 Å². The number of aryl methyl sites for hydroxylation is 3. The fourth-order valence-corrected chi connectivity index (χ4v) is 3.24. The van der Waals surface area contributed by atoms with Crippen molar-refractivity contribution in [3.05, 3.63) is 88.2 Å². The van der Waals surface area contributed by atoms with E-state index < -0.39 is 18.4 Å². The number of alkyl halides is 2. The van der Waals surface area contributed by atoms with Crippen molar-refractivity contribution in [1.29, 1.82) is 0 Å². The molecule has 1 N–H and O–H groups in total. The first-order valence-electron chi connectivity index (χ1n) is 8.62. The summed E-state index contributed by atoms with van der Waals surface area (Å²) in [5.74, 6) is -0.582. The number of hydrogen-bond acceptors (Lipinski definition) is 2. The summed E-state index contributed by atoms with van der Waals surface area (Å²) in [5, 5.41) is 6.76. The molecule has 0 aliphatic carbocycles. The van der Waals surface area contributed by atoms with E-state index in [1.165, 1.54) is 11.7 Å². The van der Waals surface area contributed by atoms with Crippen LogP contribution in [0, 0.1) is 13.8 Å². The van der Waals surface area contributed by atoms with Crippen molar-refractivity contribution in [1.82, 2.24) is 15.1 Å². The molecule has 0 atom stereocenters. The second-order valence-electron chi connectivity index (χ2n) is 6.49. The molecule has 0 fully saturated rings. The van der Waals surface area contributed by atoms with Crippen LogP contribution >= 0.6 is 0 Å². The number of halogens is 2. The molecule has 0 radical (unpaired) electrons. The van der Waals surface area contributed by atoms with E-state index in [0.29, 0.717) is 0 Å². The molecule has 3 rings (SSSR count). The van der Waals surface area contributed by atoms with E-state index in [0.717, 1.165) is 28.5 Å². The van der Waals surface area contributed by atoms with E-state index in [1.54, 1.807) is 0 Å². The largest absolute Gasteiger partial charge is 0.340 e. The fourth-order valence-electron chi connectivity index (χ4n) is 3.24. The first-order chi connectivity index (χ1) is 12.9. The van der Waals surface area contributed by atoms with Gasteiger partial charge in [-0.25, -0.2) is 8.78 Å². The third-order valence-electron chi connectivity index (χ3n) is 4.69. The van der Waals surface area contributed by atoms with Crippen molar-refractivity contribution in [2.45, 2.75) is 26.3 Å². The normalized spacial score (nSPS) is 11.2. The highest BCUT2D eigenvalue weighted by Gasteiger charge is 2.27. The van der Waals surface area contributed by atoms with E-state index in [-0.39, 0.29) is 11.3 Å². The summed E-state index contributed by atoms with van der Waals surface area (Å²) in [6.07, 6.45) is -1.73. The highest BCUT2D eigenvalue weighted by atomic mass is 19.3. The summed E-state index contributed by atoms with van der Waals surface area (Å²) < 4.78 is 27.7. The summed E-state index contributed by atoms with van der Waals surface area (Å²) in [6, 6.07) is 15.0. The lowest BCUT2D eigenvalue weighted by Crippen LogP contribution is -2.32. The van der Waals surface area contributed by atoms with Gasteiger partial charge in [0.15, 0.2) is 0 Å². The number of hydrogen-bond donors (Lipinski definition) is 1. The van der Waals surface area contributed by atoms with Crippen molar-refractivity contribution < 1.29 is 13.6 Å². The highest BCUT2D eigenvalue weighted by molar-refractivity contribution is 5.94. The first kappa shape index (κ1) is 18.8. The Bertz CT molecular complexity index is 920. The van der Waals surface area contributed by atoms with E-state index >= 15 is 0 Å². The second-order valence-corrected chi connectivity index (χ2v) is 6.49. The van der Waals surface area contributed by atoms with Gasteiger partial charge in [0.05, 0.1) is 17.8 Å². The van der Waals surface area contributed by atoms with E-state index in [1.807, 2.05) is 62.4 Å². The molecule has 1 amide bonds. The molecular formula is C21H21F2N3O. The molecule has 0 bridgehead atoms. The number of nitrogens with one attached hydrogen (secondary N) is 1. The lowest BCUT2D eigenvalue weighted by atomic mass is 9.92. The van der Waals surface area contributed by atoms with E-state index in [4.69, 9.17) is 0 Å². The predicted octanol–water partition coefficient (Wildman–Crippen LogP) is 4.49. The average Bonchev–Trinajstić information content (AvgIpc) is 3.03. The number of carbonyl (C=O) groups excluding carboxylic acids is 1. The third-order valence-corrected chi connectivity index (χ3v) is 4.69. The van der Waals surface area contributed by atoms with Crippen LogP contribution in [0.4, 0.5) is 8.78 Å². The van der Waals surface area contributed by atoms with Gasteiger partial charge in [0.1, 0.15) is 5.69 Å². The number of amides is 1. The Morgan fingerprint density at radius 3 is 1.96 bits per heavy atom. The van der Waals surface area contributed by atoms with Crippen molar-refractivity contribution in [3.63, 3.8) is 0 Å². The molecule has 4 nitrogen and oxygen atoms in total. The second kappa shape index (κ2) is 7.70. The molecule has 140 valence electrons. The highest BCUT2D eigenvalue weighted by Crippen LogP contribution is 2.29. The molecule has 0 unspecified atom stereocenters. The molecule has 27 heavy (non-hydrogen) atoms. The molecule has 6 heteroatoms. The molecule has 0 aliphatic heterocycles. The van der Waals surface area contributed by atoms with Crippen LogP contribution in [0.5, 0.6) is 0 Å². The van der Waals surface area contributed by atoms with Gasteiger partial charge in [0.2, 0.25) is 0 Å². The summed E-state index contributed by atoms with van der Waals surface area (Å²) in [7, 11) is 1.48. The van der Waals surface area contributed by atoms with Crippen molar-refractivity contribution in [2.24, 2.45) is 7.05 Å². The van der Waals surface area contributed by atoms with Gasteiger partial charge in [-0.3, -0.25) is 9.48 Å². The minimum absolute atomic E-state index is 0.128. The number of rotatable bonds is 5. The smallest absolute Gasteiger partial charge is 0.270 e. The zero-order valence-corrected chi connectivity index (χ0v) is 15.4. The molecule has 0 saturated carbocycles. The monoisotopic (exact) mass is 369 g/mol. The molecule has 0 saturated heterocycles. The van der Waals surface area contributed by atoms with Gasteiger partial charge < -0.3 is 5.32 Å². The Balaban J connectivity index is 2.05. The third kappa shape index (κ3) is 3.74. The summed E-state index contributed by atoms with van der Waals surface area (Å²) in [4.78, 5) is 12.9. The minimum Gasteiger partial charge on any atom is -0.340 e. The van der Waals surface area contributed by atoms with Crippen LogP contribution in [0.1, 0.15) is 50.8 Å². The van der Waals surface area contributed by atoms with Crippen LogP contribution in [0.15, 0.2) is 54.7 Å². The van der Waals surface area contributed by atoms with Crippen LogP contribution in [-0.2, 0) is 7.05 Å². The SMILES string of the molecule is Cc1ccccc1C(NC(=O)c1c(C(F)F)cnn1C)c1ccccc1C. The van der Waals surface area contributed by atoms with Crippen LogP contribution < -0.4 is 5.32 Å². The van der Waals surface area contributed by atoms with Gasteiger partial charge in [-0.2, -0.15) is 5.10 Å². The van der Waals surface area contributed by atoms with E-state index in [9.17, 15) is 13.6 Å². The molecule has 3 aromatic rings. The Hall–Kier alpha value is -3.02. The number of aromatic nitrogens is 2. The molecular weight excluding hydrogens is 348 g/mol. The number of benzene rings is 2. The lowest BCUT2D eigenvalue weighted by molar-refractivity contribution is 0.0919. The summed E-state index contributed by atoms with van der Waals surface area (Å²) >= 11 is 0. The number of nitrogens with zero attached hydrogens (tertiary/aromatic N) is 2. The molecule has 1 heterocycles. The molecule has 0 spiro atoms. The molecule has 1 aromatic heterocycles. The fraction of sp³-hybridized carbons (Fsp3) is 0.238. The minimum atomic E-state index is -2.77. The predicted molar refractivity (Wildman–Crippen MR) is 99.8 cm³/mol. The maximum atomic E-state index is 13.3. The quantitative estimate of drug-likeness (QED) is 0.720. The van der Waals surface area contributed by atoms with Crippen LogP contribution in [-0.4, -0.2) is 15.7 Å². The van der Waals surface area contributed by atoms with Crippen LogP contribution in [0.3, 0.4) is 0 Å². The van der Waals surface area contributed by atoms with Gasteiger partial charge in [0, 0.05) is 7.05 Å². The average molecular weight is 369 g/mol. The summed E-state index contributed by atoms with van der Waals surface area (Å²) in [5.41, 5.74) is 3.35. The van der Waals surface area contributed by atoms with E-state index in [2.05, 4.69) is 10.4 Å². The van der Waals surface area contributed by atoms with Gasteiger partial charge >= 0.3 is 0 Å². The van der Waals surface area contributed by atoms with Gasteiger partial charge in [-0.1, -0.05) is 48.5 Å². The lowest BCUT2D eigenvalue weighted by Gasteiger charge is -2.23. The number of carbonyl (C=O) groups is 1. The molecule has 0 aliphatic rings. The molecule has 2 aromatic carbocycles. The van der Waals surface area contributed by atoms with Gasteiger partial charge in [0.25, 0.3) is 12.3 Å². The Labute approximate surface area is 156 Å². The standard InChI is InChI=1S/C21H21F2N3O/c1-13-8-4-6-10-15(13)18(16-11-7-5-9-14(16)2)25-21(27)19-17(20(22)23)12-24-26(19)3/h4-12,18,20H,1-3H3,(H,25,27). The zero-order valence-electron chi connectivity index (χ0n) is 15.4. The summed E-state index contributed by atoms with van der Waals surface area (Å²) in [6.45, 7) is 3.92. The Morgan fingerprint density at radius 2 is 1.48 bits per heavy atom. The van der Waals surface area contributed by atoms with Crippen molar-refractivity contribution in [3.8, 4) is 0 Å². The maximum absolute atomic E-state index is 13.3. The zero-order chi connectivity index (χ0) is 19.6. The Morgan fingerprint density at radius 1 is 0.963 bits per heavy atom. The van der Waals surface area contributed by atoms with Gasteiger partial charge in [-0.05, 0) is 36.1 Å². The first-order valence-corrected chi connectivity index (χ1v) is 8.62. The topological polar surface area (TPSA) is 46.9 Å². The maximum Gasteiger partial charge on any atom is 0.270 e. The van der Waals surface area contributed by atoms with Crippen LogP contribution in [0.25, 0.3) is 0 Å². The van der Waals surface area contributed by atoms with Crippen LogP contribution in [0.2, 0.25) is 0 Å². The van der Waals surface area contributed by atoms with Crippen molar-refractivity contribution >= 4 is 5.91 Å². The Kier molecular flexibility index (Phi) is 5.35. The van der Waals surface area contributed by atoms with Gasteiger partial charge in [-0.15, -0.1) is 0 Å².